The number of pyridine rings is 1. The number of hydrogen-bond acceptors (Lipinski definition) is 11. The van der Waals surface area contributed by atoms with Crippen molar-refractivity contribution in [2.24, 2.45) is 0 Å². The first-order valence-corrected chi connectivity index (χ1v) is 22.7. The van der Waals surface area contributed by atoms with Gasteiger partial charge in [-0.15, -0.1) is 0 Å². The van der Waals surface area contributed by atoms with Gasteiger partial charge in [0.15, 0.2) is 0 Å². The highest BCUT2D eigenvalue weighted by molar-refractivity contribution is 6.02. The van der Waals surface area contributed by atoms with Crippen LogP contribution in [0.1, 0.15) is 84.6 Å². The fraction of sp³-hybridized carbons (Fsp3) is 0.346. The first-order valence-electron chi connectivity index (χ1n) is 22.7. The molecule has 8 rings (SSSR count). The van der Waals surface area contributed by atoms with E-state index in [-0.39, 0.29) is 18.1 Å². The Hall–Kier alpha value is -6.66. The van der Waals surface area contributed by atoms with Crippen LogP contribution in [0, 0.1) is 0 Å². The van der Waals surface area contributed by atoms with Gasteiger partial charge in [-0.25, -0.2) is 9.59 Å². The van der Waals surface area contributed by atoms with Gasteiger partial charge in [-0.2, -0.15) is 0 Å². The van der Waals surface area contributed by atoms with E-state index >= 15 is 0 Å². The summed E-state index contributed by atoms with van der Waals surface area (Å²) in [6, 6.07) is 33.6. The van der Waals surface area contributed by atoms with Crippen LogP contribution in [0.2, 0.25) is 0 Å². The lowest BCUT2D eigenvalue weighted by Gasteiger charge is -2.45. The van der Waals surface area contributed by atoms with Crippen LogP contribution in [-0.2, 0) is 16.8 Å². The van der Waals surface area contributed by atoms with Crippen molar-refractivity contribution in [2.75, 3.05) is 80.2 Å². The summed E-state index contributed by atoms with van der Waals surface area (Å²) in [6.07, 6.45) is 1.75. The Morgan fingerprint density at radius 1 is 0.672 bits per heavy atom. The van der Waals surface area contributed by atoms with E-state index in [9.17, 15) is 14.4 Å². The molecule has 0 bridgehead atoms. The maximum absolute atomic E-state index is 15.0. The van der Waals surface area contributed by atoms with Crippen LogP contribution in [-0.4, -0.2) is 92.2 Å². The van der Waals surface area contributed by atoms with E-state index in [4.69, 9.17) is 13.9 Å². The number of benzene rings is 4. The molecule has 0 atom stereocenters. The van der Waals surface area contributed by atoms with Crippen molar-refractivity contribution in [1.82, 2.24) is 14.8 Å². The minimum absolute atomic E-state index is 0.00880. The topological polar surface area (TPSA) is 112 Å². The first kappa shape index (κ1) is 44.0. The zero-order chi connectivity index (χ0) is 45.0. The molecule has 0 saturated carbocycles. The number of fused-ring (bicyclic) bond motifs is 7. The zero-order valence-corrected chi connectivity index (χ0v) is 37.8. The molecule has 4 aromatic carbocycles. The summed E-state index contributed by atoms with van der Waals surface area (Å²) in [7, 11) is 0. The normalized spacial score (nSPS) is 13.4. The summed E-state index contributed by atoms with van der Waals surface area (Å²) in [5.41, 5.74) is 5.71. The number of esters is 1. The van der Waals surface area contributed by atoms with Gasteiger partial charge in [0.25, 0.3) is 5.91 Å². The third-order valence-corrected chi connectivity index (χ3v) is 12.8. The number of rotatable bonds is 18. The highest BCUT2D eigenvalue weighted by Crippen LogP contribution is 2.58. The van der Waals surface area contributed by atoms with Gasteiger partial charge in [-0.3, -0.25) is 14.7 Å². The average molecular weight is 863 g/mol. The van der Waals surface area contributed by atoms with E-state index in [1.54, 1.807) is 6.20 Å². The predicted molar refractivity (Wildman–Crippen MR) is 253 cm³/mol. The van der Waals surface area contributed by atoms with E-state index in [0.29, 0.717) is 54.2 Å². The lowest BCUT2D eigenvalue weighted by molar-refractivity contribution is 0.0436. The fourth-order valence-corrected chi connectivity index (χ4v) is 9.51. The van der Waals surface area contributed by atoms with E-state index in [2.05, 4.69) is 109 Å². The quantitative estimate of drug-likeness (QED) is 0.0610. The fourth-order valence-electron chi connectivity index (χ4n) is 9.51. The molecule has 0 radical (unpaired) electrons. The number of ether oxygens (including phenoxy) is 2. The molecule has 4 heterocycles. The van der Waals surface area contributed by atoms with Crippen molar-refractivity contribution in [3.63, 3.8) is 0 Å². The molecule has 0 aliphatic carbocycles. The van der Waals surface area contributed by atoms with Crippen molar-refractivity contribution < 1.29 is 23.5 Å². The third kappa shape index (κ3) is 8.07. The van der Waals surface area contributed by atoms with Gasteiger partial charge < -0.3 is 33.5 Å². The number of aromatic nitrogens is 1. The minimum atomic E-state index is -1.00. The van der Waals surface area contributed by atoms with Gasteiger partial charge in [0, 0.05) is 129 Å². The Balaban J connectivity index is 1.12. The summed E-state index contributed by atoms with van der Waals surface area (Å²) in [5.74, 6) is 0.589. The van der Waals surface area contributed by atoms with Gasteiger partial charge in [0.05, 0.1) is 5.69 Å². The van der Waals surface area contributed by atoms with Crippen LogP contribution in [0.5, 0.6) is 11.5 Å². The molecule has 6 aromatic rings. The maximum Gasteiger partial charge on any atom is 0.351 e. The molecule has 0 fully saturated rings. The predicted octanol–water partition coefficient (Wildman–Crippen LogP) is 8.94. The van der Waals surface area contributed by atoms with Crippen LogP contribution < -0.4 is 25.1 Å². The van der Waals surface area contributed by atoms with Gasteiger partial charge in [0.2, 0.25) is 0 Å². The molecule has 0 saturated heterocycles. The highest BCUT2D eigenvalue weighted by atomic mass is 16.5. The van der Waals surface area contributed by atoms with Crippen LogP contribution in [0.25, 0.3) is 11.0 Å². The Morgan fingerprint density at radius 3 is 1.88 bits per heavy atom. The molecule has 1 amide bonds. The van der Waals surface area contributed by atoms with Gasteiger partial charge in [0.1, 0.15) is 34.8 Å². The van der Waals surface area contributed by atoms with Crippen LogP contribution in [0.15, 0.2) is 119 Å². The maximum atomic E-state index is 15.0. The summed E-state index contributed by atoms with van der Waals surface area (Å²) >= 11 is 0. The molecule has 2 aromatic heterocycles. The smallest absolute Gasteiger partial charge is 0.351 e. The second-order valence-electron chi connectivity index (χ2n) is 16.1. The van der Waals surface area contributed by atoms with Crippen molar-refractivity contribution in [2.45, 2.75) is 53.6 Å². The van der Waals surface area contributed by atoms with E-state index in [1.807, 2.05) is 59.5 Å². The molecule has 2 aliphatic rings. The first-order chi connectivity index (χ1) is 31.2. The van der Waals surface area contributed by atoms with Crippen molar-refractivity contribution >= 4 is 39.9 Å². The lowest BCUT2D eigenvalue weighted by Crippen LogP contribution is -2.50. The van der Waals surface area contributed by atoms with Crippen LogP contribution in [0.3, 0.4) is 0 Å². The molecule has 332 valence electrons. The number of carbonyl (C=O) groups is 2. The Labute approximate surface area is 375 Å². The highest BCUT2D eigenvalue weighted by Gasteiger charge is 2.56. The largest absolute Gasteiger partial charge is 0.461 e. The second kappa shape index (κ2) is 19.0. The number of carbonyl (C=O) groups excluding carboxylic acids is 2. The number of hydrogen-bond donors (Lipinski definition) is 0. The molecule has 12 nitrogen and oxygen atoms in total. The van der Waals surface area contributed by atoms with Gasteiger partial charge in [-0.05, 0) is 95.6 Å². The van der Waals surface area contributed by atoms with Crippen molar-refractivity contribution in [3.05, 3.63) is 153 Å². The second-order valence-corrected chi connectivity index (χ2v) is 16.1. The van der Waals surface area contributed by atoms with E-state index in [0.717, 1.165) is 78.7 Å². The SMILES string of the molecule is CCN(CC)c1ccc2c(c1)Oc1cc(N(CC)CC)ccc1C21c2ccccc2C(=O)N1CCN(CCOC(=O)c1cc2ccc(N(CC)CC)cc2oc1=O)Cc1ccccn1. The third-order valence-electron chi connectivity index (χ3n) is 12.8. The molecule has 0 N–H and O–H groups in total. The summed E-state index contributed by atoms with van der Waals surface area (Å²) in [5, 5.41) is 0.634. The summed E-state index contributed by atoms with van der Waals surface area (Å²) in [6.45, 7) is 19.2. The molecule has 64 heavy (non-hydrogen) atoms. The van der Waals surface area contributed by atoms with Crippen molar-refractivity contribution in [1.29, 1.82) is 0 Å². The molecule has 2 aliphatic heterocycles. The van der Waals surface area contributed by atoms with Crippen molar-refractivity contribution in [3.8, 4) is 11.5 Å². The van der Waals surface area contributed by atoms with Gasteiger partial charge >= 0.3 is 11.6 Å². The van der Waals surface area contributed by atoms with Gasteiger partial charge in [-0.1, -0.05) is 36.4 Å². The molecule has 0 unspecified atom stereocenters. The Kier molecular flexibility index (Phi) is 13.0. The van der Waals surface area contributed by atoms with Crippen LogP contribution >= 0.6 is 0 Å². The number of amides is 1. The minimum Gasteiger partial charge on any atom is -0.461 e. The standard InChI is InChI=1S/C52H58N6O6/c1-7-55(8-2)38-21-20-36-31-42(51(61)64-46(36)32-38)50(60)62-30-29-54(35-37-17-15-16-26-53-37)27-28-58-49(59)41-18-13-14-19-43(41)52(58)44-24-22-39(56(9-3)10-4)33-47(44)63-48-34-40(23-25-45(48)52)57(11-5)12-6/h13-26,31-34H,7-12,27-30,35H2,1-6H3. The summed E-state index contributed by atoms with van der Waals surface area (Å²) < 4.78 is 18.3. The molecular formula is C52H58N6O6. The Morgan fingerprint density at radius 2 is 1.27 bits per heavy atom. The Bertz CT molecular complexity index is 2630. The molecule has 12 heteroatoms. The number of anilines is 3. The summed E-state index contributed by atoms with van der Waals surface area (Å²) in [4.78, 5) is 57.1. The average Bonchev–Trinajstić information content (AvgIpc) is 3.56. The monoisotopic (exact) mass is 862 g/mol. The van der Waals surface area contributed by atoms with E-state index in [1.165, 1.54) is 6.07 Å². The van der Waals surface area contributed by atoms with Crippen LogP contribution in [0.4, 0.5) is 17.1 Å². The molecular weight excluding hydrogens is 805 g/mol. The van der Waals surface area contributed by atoms with E-state index < -0.39 is 17.1 Å². The molecule has 1 spiro atoms. The zero-order valence-electron chi connectivity index (χ0n) is 37.8. The number of nitrogens with zero attached hydrogens (tertiary/aromatic N) is 6. The lowest BCUT2D eigenvalue weighted by atomic mass is 9.74.